The maximum atomic E-state index is 2.51. The molecule has 0 unspecified atom stereocenters. The predicted molar refractivity (Wildman–Crippen MR) is 502 cm³/mol. The van der Waals surface area contributed by atoms with Gasteiger partial charge >= 0.3 is 0 Å². The predicted octanol–water partition coefficient (Wildman–Crippen LogP) is 38.5. The molecule has 0 aromatic carbocycles. The molecule has 0 N–H and O–H groups in total. The second kappa shape index (κ2) is 55.9. The number of hydrogen-bond donors (Lipinski definition) is 0. The van der Waals surface area contributed by atoms with E-state index in [1.807, 2.05) is 102 Å². The lowest BCUT2D eigenvalue weighted by atomic mass is 10.0. The number of rotatable bonds is 58. The molecule has 9 rings (SSSR count). The van der Waals surface area contributed by atoms with Gasteiger partial charge in [0.25, 0.3) is 0 Å². The summed E-state index contributed by atoms with van der Waals surface area (Å²) >= 11 is 18.0. The highest BCUT2D eigenvalue weighted by Crippen LogP contribution is 2.49. The van der Waals surface area contributed by atoms with Crippen molar-refractivity contribution in [2.24, 2.45) is 0 Å². The number of aryl methyl sites for hydroxylation is 11. The van der Waals surface area contributed by atoms with Gasteiger partial charge in [0.05, 0.1) is 0 Å². The van der Waals surface area contributed by atoms with Gasteiger partial charge in [-0.15, -0.1) is 102 Å². The van der Waals surface area contributed by atoms with Gasteiger partial charge in [0.1, 0.15) is 0 Å². The number of unbranched alkanes of at least 4 members (excludes halogenated alkanes) is 43. The highest BCUT2D eigenvalue weighted by molar-refractivity contribution is 7.33. The Bertz CT molecular complexity index is 3430. The van der Waals surface area contributed by atoms with Gasteiger partial charge in [-0.05, 0) is 200 Å². The standard InChI is InChI=1S/C44H68S4.C42H62S4.C12H20S/c1-5-7-9-11-13-15-17-19-21-23-25-27-29-37-31-35(3)45-43(37)41-33-39-40(47-41)34-42(48-39)44-38(32-36(4)46-44)30-28-26-24-22-20-18-16-14-12-10-8-6-2;1-5-7-9-11-13-15-17-19-21-23-25-35-31-33(3)43-41(35)39-29-27-37(45-39)38-28-30-40(46-38)42-36(32-34(4)44-42)26-24-22-20-18-16-14-12-10-8-6-2;1-4-5-6-7-8-12-9-10(2)13-11(12)3/h31-34H,5-30H2,1-4H3;27-32H,5-26H2,1-4H3;9H,4-8H2,1-3H3. The number of hydrogen-bond acceptors (Lipinski definition) is 9. The fourth-order valence-corrected chi connectivity index (χ4v) is 26.0. The Balaban J connectivity index is 0.000000255. The van der Waals surface area contributed by atoms with Crippen LogP contribution in [0.1, 0.15) is 400 Å². The first-order chi connectivity index (χ1) is 52.4. The van der Waals surface area contributed by atoms with E-state index in [0.717, 1.165) is 0 Å². The molecule has 0 amide bonds. The molecule has 0 fully saturated rings. The second-order valence-corrected chi connectivity index (χ2v) is 42.8. The van der Waals surface area contributed by atoms with E-state index in [2.05, 4.69) is 143 Å². The first-order valence-corrected chi connectivity index (χ1v) is 51.9. The fourth-order valence-electron chi connectivity index (χ4n) is 15.7. The van der Waals surface area contributed by atoms with E-state index in [0.29, 0.717) is 0 Å². The Hall–Kier alpha value is -2.44. The number of fused-ring (bicyclic) bond motifs is 1. The van der Waals surface area contributed by atoms with Crippen LogP contribution in [0.2, 0.25) is 0 Å². The summed E-state index contributed by atoms with van der Waals surface area (Å²) in [7, 11) is 0. The first-order valence-electron chi connectivity index (χ1n) is 44.6. The van der Waals surface area contributed by atoms with Crippen molar-refractivity contribution in [2.75, 3.05) is 0 Å². The average Bonchev–Trinajstić information content (AvgIpc) is 1.64. The van der Waals surface area contributed by atoms with E-state index in [-0.39, 0.29) is 0 Å². The van der Waals surface area contributed by atoms with Crippen molar-refractivity contribution in [1.29, 1.82) is 0 Å². The Morgan fingerprint density at radius 1 is 0.178 bits per heavy atom. The van der Waals surface area contributed by atoms with E-state index in [1.165, 1.54) is 418 Å². The molecular formula is C98H150S9. The Labute approximate surface area is 694 Å². The van der Waals surface area contributed by atoms with Crippen LogP contribution in [-0.2, 0) is 32.1 Å². The summed E-state index contributed by atoms with van der Waals surface area (Å²) in [6.45, 7) is 25.1. The lowest BCUT2D eigenvalue weighted by molar-refractivity contribution is 0.544. The molecule has 0 bridgehead atoms. The van der Waals surface area contributed by atoms with Crippen LogP contribution in [0.4, 0.5) is 0 Å². The lowest BCUT2D eigenvalue weighted by Gasteiger charge is -2.04. The van der Waals surface area contributed by atoms with Crippen molar-refractivity contribution in [3.8, 4) is 48.8 Å². The molecule has 9 aromatic rings. The Morgan fingerprint density at radius 3 is 0.617 bits per heavy atom. The molecular weight excluding hydrogens is 1470 g/mol. The normalized spacial score (nSPS) is 11.6. The molecule has 107 heavy (non-hydrogen) atoms. The zero-order chi connectivity index (χ0) is 75.9. The maximum Gasteiger partial charge on any atom is 0.0478 e. The van der Waals surface area contributed by atoms with Crippen molar-refractivity contribution in [1.82, 2.24) is 0 Å². The summed E-state index contributed by atoms with van der Waals surface area (Å²) in [6, 6.07) is 26.8. The molecule has 0 saturated heterocycles. The van der Waals surface area contributed by atoms with Gasteiger partial charge in [-0.2, -0.15) is 0 Å². The van der Waals surface area contributed by atoms with Crippen molar-refractivity contribution >= 4 is 111 Å². The quantitative estimate of drug-likeness (QED) is 0.0333. The summed E-state index contributed by atoms with van der Waals surface area (Å²) in [6.07, 6.45) is 73.9. The van der Waals surface area contributed by atoms with Crippen molar-refractivity contribution in [2.45, 2.75) is 416 Å². The average molecular weight is 1620 g/mol. The SMILES string of the molecule is CCCCCCCCCCCCCCc1cc(C)sc1-c1cc2sc(-c3sc(C)cc3CCCCCCCCCCCCCC)cc2s1.CCCCCCCCCCCCc1cc(C)sc1-c1ccc(-c2ccc(-c3sc(C)cc3CCCCCCCCCCCC)s2)s1.CCCCCCc1cc(C)sc1C. The highest BCUT2D eigenvalue weighted by atomic mass is 32.1. The van der Waals surface area contributed by atoms with Crippen molar-refractivity contribution in [3.05, 3.63) is 124 Å². The molecule has 0 nitrogen and oxygen atoms in total. The molecule has 0 atom stereocenters. The third kappa shape index (κ3) is 35.5. The topological polar surface area (TPSA) is 0 Å². The summed E-state index contributed by atoms with van der Waals surface area (Å²) in [5.74, 6) is 0. The summed E-state index contributed by atoms with van der Waals surface area (Å²) in [5, 5.41) is 0. The van der Waals surface area contributed by atoms with Gasteiger partial charge in [0, 0.05) is 87.4 Å². The van der Waals surface area contributed by atoms with Crippen LogP contribution in [0.5, 0.6) is 0 Å². The zero-order valence-corrected chi connectivity index (χ0v) is 77.4. The minimum atomic E-state index is 1.23. The molecule has 596 valence electrons. The molecule has 9 heteroatoms. The molecule has 0 aliphatic carbocycles. The van der Waals surface area contributed by atoms with Gasteiger partial charge in [0.15, 0.2) is 0 Å². The molecule has 0 aliphatic rings. The van der Waals surface area contributed by atoms with Crippen molar-refractivity contribution < 1.29 is 0 Å². The van der Waals surface area contributed by atoms with E-state index >= 15 is 0 Å². The van der Waals surface area contributed by atoms with Gasteiger partial charge < -0.3 is 0 Å². The van der Waals surface area contributed by atoms with Crippen LogP contribution in [0.3, 0.4) is 0 Å². The summed E-state index contributed by atoms with van der Waals surface area (Å²) < 4.78 is 2.96. The smallest absolute Gasteiger partial charge is 0.0478 e. The monoisotopic (exact) mass is 1610 g/mol. The lowest BCUT2D eigenvalue weighted by Crippen LogP contribution is -1.87. The Kier molecular flexibility index (Phi) is 48.0. The van der Waals surface area contributed by atoms with Crippen LogP contribution < -0.4 is 0 Å². The zero-order valence-electron chi connectivity index (χ0n) is 70.0. The molecule has 0 aliphatic heterocycles. The summed E-state index contributed by atoms with van der Waals surface area (Å²) in [4.78, 5) is 23.7. The molecule has 0 spiro atoms. The molecule has 0 saturated carbocycles. The van der Waals surface area contributed by atoms with E-state index in [1.54, 1.807) is 37.6 Å². The van der Waals surface area contributed by atoms with Crippen molar-refractivity contribution in [3.63, 3.8) is 0 Å². The van der Waals surface area contributed by atoms with Gasteiger partial charge in [-0.1, -0.05) is 311 Å². The van der Waals surface area contributed by atoms with Crippen LogP contribution in [0.15, 0.2) is 66.7 Å². The van der Waals surface area contributed by atoms with Gasteiger partial charge in [-0.25, -0.2) is 0 Å². The largest absolute Gasteiger partial charge is 0.146 e. The highest BCUT2D eigenvalue weighted by Gasteiger charge is 2.20. The van der Waals surface area contributed by atoms with Crippen LogP contribution in [-0.4, -0.2) is 0 Å². The van der Waals surface area contributed by atoms with Crippen LogP contribution in [0.25, 0.3) is 58.2 Å². The maximum absolute atomic E-state index is 2.51. The Morgan fingerprint density at radius 2 is 0.374 bits per heavy atom. The second-order valence-electron chi connectivity index (χ2n) is 32.0. The van der Waals surface area contributed by atoms with E-state index < -0.39 is 0 Å². The third-order valence-corrected chi connectivity index (χ3v) is 32.7. The third-order valence-electron chi connectivity index (χ3n) is 21.9. The molecule has 9 aromatic heterocycles. The minimum Gasteiger partial charge on any atom is -0.146 e. The van der Waals surface area contributed by atoms with Crippen LogP contribution in [0, 0.1) is 41.5 Å². The minimum absolute atomic E-state index is 1.23. The number of thiophene rings is 9. The first kappa shape index (κ1) is 91.7. The van der Waals surface area contributed by atoms with E-state index in [4.69, 9.17) is 0 Å². The van der Waals surface area contributed by atoms with Crippen LogP contribution >= 0.6 is 102 Å². The van der Waals surface area contributed by atoms with Gasteiger partial charge in [-0.3, -0.25) is 0 Å². The molecule has 0 radical (unpaired) electrons. The van der Waals surface area contributed by atoms with Gasteiger partial charge in [0.2, 0.25) is 0 Å². The fraction of sp³-hybridized carbons (Fsp3) is 0.653. The van der Waals surface area contributed by atoms with E-state index in [9.17, 15) is 0 Å². The summed E-state index contributed by atoms with van der Waals surface area (Å²) in [5.41, 5.74) is 7.93. The molecule has 9 heterocycles.